The fourth-order valence-corrected chi connectivity index (χ4v) is 9.90. The zero-order valence-corrected chi connectivity index (χ0v) is 32.5. The van der Waals surface area contributed by atoms with Gasteiger partial charge in [0.2, 0.25) is 0 Å². The monoisotopic (exact) mass is 713 g/mol. The quantitative estimate of drug-likeness (QED) is 0.183. The Bertz CT molecular complexity index is 3090. The van der Waals surface area contributed by atoms with Gasteiger partial charge in [-0.1, -0.05) is 121 Å². The van der Waals surface area contributed by atoms with E-state index < -0.39 is 0 Å². The molecule has 7 aromatic carbocycles. The first-order valence-corrected chi connectivity index (χ1v) is 19.5. The average molecular weight is 714 g/mol. The van der Waals surface area contributed by atoms with E-state index in [2.05, 4.69) is 181 Å². The maximum absolute atomic E-state index is 6.60. The Morgan fingerprint density at radius 2 is 1.02 bits per heavy atom. The van der Waals surface area contributed by atoms with E-state index in [4.69, 9.17) is 8.83 Å². The van der Waals surface area contributed by atoms with E-state index in [1.54, 1.807) is 0 Å². The van der Waals surface area contributed by atoms with Crippen LogP contribution in [-0.4, -0.2) is 0 Å². The van der Waals surface area contributed by atoms with Crippen LogP contribution in [0.25, 0.3) is 66.1 Å². The molecule has 0 saturated heterocycles. The summed E-state index contributed by atoms with van der Waals surface area (Å²) in [5.41, 5.74) is 18.6. The molecule has 0 radical (unpaired) electrons. The molecule has 0 saturated carbocycles. The zero-order chi connectivity index (χ0) is 37.6. The first-order valence-electron chi connectivity index (χ1n) is 19.5. The second-order valence-corrected chi connectivity index (χ2v) is 17.8. The minimum atomic E-state index is -0.266. The highest BCUT2D eigenvalue weighted by Gasteiger charge is 2.40. The summed E-state index contributed by atoms with van der Waals surface area (Å²) < 4.78 is 12.9. The molecule has 0 N–H and O–H groups in total. The first-order chi connectivity index (χ1) is 26.4. The molecule has 2 aliphatic carbocycles. The van der Waals surface area contributed by atoms with Gasteiger partial charge in [0.1, 0.15) is 22.3 Å². The smallest absolute Gasteiger partial charge is 0.135 e. The second kappa shape index (κ2) is 10.8. The van der Waals surface area contributed by atoms with Crippen molar-refractivity contribution in [2.45, 2.75) is 64.7 Å². The summed E-state index contributed by atoms with van der Waals surface area (Å²) in [5, 5.41) is 4.65. The van der Waals surface area contributed by atoms with Crippen molar-refractivity contribution < 1.29 is 8.83 Å². The number of anilines is 3. The van der Waals surface area contributed by atoms with Crippen molar-refractivity contribution in [1.29, 1.82) is 0 Å². The molecule has 55 heavy (non-hydrogen) atoms. The van der Waals surface area contributed by atoms with Crippen molar-refractivity contribution >= 4 is 60.9 Å². The fourth-order valence-electron chi connectivity index (χ4n) is 9.90. The Morgan fingerprint density at radius 3 is 1.80 bits per heavy atom. The number of benzene rings is 7. The number of hydrogen-bond acceptors (Lipinski definition) is 3. The van der Waals surface area contributed by atoms with Crippen molar-refractivity contribution in [2.24, 2.45) is 0 Å². The predicted octanol–water partition coefficient (Wildman–Crippen LogP) is 14.9. The van der Waals surface area contributed by atoms with E-state index in [9.17, 15) is 0 Å². The highest BCUT2D eigenvalue weighted by Crippen LogP contribution is 2.55. The van der Waals surface area contributed by atoms with E-state index in [1.165, 1.54) is 60.8 Å². The summed E-state index contributed by atoms with van der Waals surface area (Å²) in [7, 11) is 0. The molecule has 0 amide bonds. The molecule has 0 fully saturated rings. The molecule has 268 valence electrons. The van der Waals surface area contributed by atoms with Crippen LogP contribution >= 0.6 is 0 Å². The molecule has 0 unspecified atom stereocenters. The van der Waals surface area contributed by atoms with Crippen LogP contribution < -0.4 is 4.90 Å². The Morgan fingerprint density at radius 1 is 0.436 bits per heavy atom. The number of hydrogen-bond donors (Lipinski definition) is 0. The molecule has 0 aliphatic heterocycles. The van der Waals surface area contributed by atoms with Gasteiger partial charge in [0, 0.05) is 49.4 Å². The van der Waals surface area contributed by atoms with Crippen LogP contribution in [0.4, 0.5) is 17.1 Å². The molecule has 9 aromatic rings. The van der Waals surface area contributed by atoms with E-state index in [0.29, 0.717) is 0 Å². The number of fused-ring (bicyclic) bond motifs is 13. The third-order valence-corrected chi connectivity index (χ3v) is 12.8. The van der Waals surface area contributed by atoms with Crippen molar-refractivity contribution in [2.75, 3.05) is 4.90 Å². The molecule has 0 bridgehead atoms. The molecule has 3 heteroatoms. The van der Waals surface area contributed by atoms with Crippen LogP contribution in [0.5, 0.6) is 0 Å². The summed E-state index contributed by atoms with van der Waals surface area (Å²) in [6.07, 6.45) is 0. The van der Waals surface area contributed by atoms with Crippen molar-refractivity contribution in [1.82, 2.24) is 0 Å². The summed E-state index contributed by atoms with van der Waals surface area (Å²) in [6, 6.07) is 49.2. The number of nitrogens with zero attached hydrogens (tertiary/aromatic N) is 1. The third-order valence-electron chi connectivity index (χ3n) is 12.8. The fraction of sp³-hybridized carbons (Fsp3) is 0.192. The molecule has 3 nitrogen and oxygen atoms in total. The normalized spacial score (nSPS) is 15.1. The van der Waals surface area contributed by atoms with Gasteiger partial charge in [0.15, 0.2) is 0 Å². The van der Waals surface area contributed by atoms with Crippen LogP contribution in [0.3, 0.4) is 0 Å². The van der Waals surface area contributed by atoms with Crippen molar-refractivity contribution in [3.63, 3.8) is 0 Å². The lowest BCUT2D eigenvalue weighted by molar-refractivity contribution is 0.587. The Kier molecular flexibility index (Phi) is 6.35. The van der Waals surface area contributed by atoms with Gasteiger partial charge in [-0.05, 0) is 116 Å². The largest absolute Gasteiger partial charge is 0.456 e. The Labute approximate surface area is 321 Å². The first kappa shape index (κ1) is 32.4. The van der Waals surface area contributed by atoms with Crippen LogP contribution in [0.15, 0.2) is 142 Å². The molecule has 0 atom stereocenters. The highest BCUT2D eigenvalue weighted by atomic mass is 16.3. The van der Waals surface area contributed by atoms with Gasteiger partial charge < -0.3 is 13.7 Å². The standard InChI is InChI=1S/C52H43NO2/c1-50(2,3)30-16-20-39-47(26-30)55-46-25-23-38-36-22-18-33(29-43(36)52(6,7)49(38)48(39)46)53(31-19-24-45-40(27-31)37-13-9-11-15-44(37)54-45)32-17-21-35-34-12-8-10-14-41(34)51(4,5)42(35)28-32/h8-29H,1-7H3. The van der Waals surface area contributed by atoms with Crippen molar-refractivity contribution in [3.05, 3.63) is 161 Å². The molecule has 0 spiro atoms. The van der Waals surface area contributed by atoms with Gasteiger partial charge in [0.05, 0.1) is 0 Å². The predicted molar refractivity (Wildman–Crippen MR) is 230 cm³/mol. The minimum absolute atomic E-state index is 0.0424. The summed E-state index contributed by atoms with van der Waals surface area (Å²) in [6.45, 7) is 16.2. The SMILES string of the molecule is CC(C)(C)c1ccc2c(c1)oc1ccc3c(c12)C(C)(C)c1cc(N(c2ccc4c(c2)C(C)(C)c2ccccc2-4)c2ccc4oc5ccccc5c4c2)ccc1-3. The average Bonchev–Trinajstić information content (AvgIpc) is 3.86. The van der Waals surface area contributed by atoms with E-state index in [0.717, 1.165) is 50.2 Å². The maximum Gasteiger partial charge on any atom is 0.135 e. The summed E-state index contributed by atoms with van der Waals surface area (Å²) in [4.78, 5) is 2.44. The van der Waals surface area contributed by atoms with Crippen LogP contribution in [-0.2, 0) is 16.2 Å². The summed E-state index contributed by atoms with van der Waals surface area (Å²) >= 11 is 0. The van der Waals surface area contributed by atoms with E-state index in [1.807, 2.05) is 6.07 Å². The van der Waals surface area contributed by atoms with Crippen LogP contribution in [0, 0.1) is 0 Å². The molecular weight excluding hydrogens is 671 g/mol. The van der Waals surface area contributed by atoms with Crippen molar-refractivity contribution in [3.8, 4) is 22.3 Å². The van der Waals surface area contributed by atoms with E-state index >= 15 is 0 Å². The summed E-state index contributed by atoms with van der Waals surface area (Å²) in [5.74, 6) is 0. The van der Waals surface area contributed by atoms with Crippen LogP contribution in [0.2, 0.25) is 0 Å². The Balaban J connectivity index is 1.11. The van der Waals surface area contributed by atoms with E-state index in [-0.39, 0.29) is 16.2 Å². The number of para-hydroxylation sites is 1. The highest BCUT2D eigenvalue weighted by molar-refractivity contribution is 6.11. The van der Waals surface area contributed by atoms with Crippen LogP contribution in [0.1, 0.15) is 76.3 Å². The third kappa shape index (κ3) is 4.44. The van der Waals surface area contributed by atoms with Gasteiger partial charge >= 0.3 is 0 Å². The minimum Gasteiger partial charge on any atom is -0.456 e. The Hall–Kier alpha value is -6.06. The number of rotatable bonds is 3. The molecule has 11 rings (SSSR count). The maximum atomic E-state index is 6.60. The lowest BCUT2D eigenvalue weighted by Crippen LogP contribution is -2.18. The van der Waals surface area contributed by atoms with Gasteiger partial charge in [-0.3, -0.25) is 0 Å². The van der Waals surface area contributed by atoms with Gasteiger partial charge in [-0.2, -0.15) is 0 Å². The molecule has 2 aliphatic rings. The topological polar surface area (TPSA) is 29.5 Å². The molecular formula is C52H43NO2. The zero-order valence-electron chi connectivity index (χ0n) is 32.5. The van der Waals surface area contributed by atoms with Gasteiger partial charge in [-0.25, -0.2) is 0 Å². The second-order valence-electron chi connectivity index (χ2n) is 17.8. The lowest BCUT2D eigenvalue weighted by atomic mass is 9.80. The van der Waals surface area contributed by atoms with Gasteiger partial charge in [-0.15, -0.1) is 0 Å². The van der Waals surface area contributed by atoms with Gasteiger partial charge in [0.25, 0.3) is 0 Å². The molecule has 2 aromatic heterocycles. The lowest BCUT2D eigenvalue weighted by Gasteiger charge is -2.30. The number of furan rings is 2. The molecule has 2 heterocycles.